The second-order valence-electron chi connectivity index (χ2n) is 3.17. The molecule has 3 nitrogen and oxygen atoms in total. The molecule has 0 aliphatic carbocycles. The van der Waals surface area contributed by atoms with Crippen LogP contribution in [0.25, 0.3) is 0 Å². The fraction of sp³-hybridized carbons (Fsp3) is 0.500. The van der Waals surface area contributed by atoms with E-state index in [0.29, 0.717) is 6.42 Å². The Morgan fingerprint density at radius 2 is 2.38 bits per heavy atom. The summed E-state index contributed by atoms with van der Waals surface area (Å²) in [5.41, 5.74) is 1.74. The molecule has 1 heterocycles. The number of carbonyl (C=O) groups is 1. The molecule has 0 saturated carbocycles. The number of ether oxygens (including phenoxy) is 1. The Morgan fingerprint density at radius 3 is 2.77 bits per heavy atom. The summed E-state index contributed by atoms with van der Waals surface area (Å²) in [5, 5.41) is 0. The number of methoxy groups -OCH3 is 1. The number of nitrogens with zero attached hydrogens (tertiary/aromatic N) is 1. The second-order valence-corrected chi connectivity index (χ2v) is 3.17. The predicted molar refractivity (Wildman–Crippen MR) is 51.1 cm³/mol. The fourth-order valence-corrected chi connectivity index (χ4v) is 1.55. The van der Waals surface area contributed by atoms with Crippen molar-refractivity contribution in [2.75, 3.05) is 14.2 Å². The molecule has 0 N–H and O–H groups in total. The van der Waals surface area contributed by atoms with E-state index in [1.54, 1.807) is 0 Å². The maximum absolute atomic E-state index is 11.3. The van der Waals surface area contributed by atoms with E-state index in [2.05, 4.69) is 11.3 Å². The highest BCUT2D eigenvalue weighted by atomic mass is 16.5. The average molecular weight is 181 g/mol. The van der Waals surface area contributed by atoms with Gasteiger partial charge in [0.1, 0.15) is 0 Å². The van der Waals surface area contributed by atoms with E-state index in [1.807, 2.05) is 24.9 Å². The first-order valence-electron chi connectivity index (χ1n) is 4.25. The zero-order valence-corrected chi connectivity index (χ0v) is 8.33. The van der Waals surface area contributed by atoms with Crippen molar-refractivity contribution in [1.29, 1.82) is 0 Å². The lowest BCUT2D eigenvalue weighted by Crippen LogP contribution is -2.22. The van der Waals surface area contributed by atoms with Crippen LogP contribution in [0.4, 0.5) is 0 Å². The first kappa shape index (κ1) is 9.84. The fourth-order valence-electron chi connectivity index (χ4n) is 1.55. The quantitative estimate of drug-likeness (QED) is 0.475. The van der Waals surface area contributed by atoms with Gasteiger partial charge in [-0.2, -0.15) is 0 Å². The Kier molecular flexibility index (Phi) is 2.76. The zero-order valence-electron chi connectivity index (χ0n) is 8.33. The molecule has 0 fully saturated rings. The third-order valence-electron chi connectivity index (χ3n) is 2.58. The largest absolute Gasteiger partial charge is 0.466 e. The van der Waals surface area contributed by atoms with Crippen LogP contribution in [0.2, 0.25) is 0 Å². The Bertz CT molecular complexity index is 268. The van der Waals surface area contributed by atoms with Gasteiger partial charge in [0.15, 0.2) is 0 Å². The summed E-state index contributed by atoms with van der Waals surface area (Å²) >= 11 is 0. The van der Waals surface area contributed by atoms with Gasteiger partial charge >= 0.3 is 5.97 Å². The van der Waals surface area contributed by atoms with Gasteiger partial charge in [-0.05, 0) is 6.92 Å². The minimum absolute atomic E-state index is 0.228. The molecule has 1 aliphatic rings. The van der Waals surface area contributed by atoms with Crippen LogP contribution < -0.4 is 0 Å². The number of hydrogen-bond donors (Lipinski definition) is 0. The number of rotatable bonds is 2. The molecule has 0 aromatic heterocycles. The molecule has 0 amide bonds. The topological polar surface area (TPSA) is 29.5 Å². The van der Waals surface area contributed by atoms with E-state index in [4.69, 9.17) is 0 Å². The highest BCUT2D eigenvalue weighted by Gasteiger charge is 2.28. The lowest BCUT2D eigenvalue weighted by molar-refractivity contribution is -0.136. The number of hydrogen-bond acceptors (Lipinski definition) is 3. The minimum atomic E-state index is -0.228. The Balaban J connectivity index is 2.87. The van der Waals surface area contributed by atoms with Crippen molar-refractivity contribution < 1.29 is 9.53 Å². The predicted octanol–water partition coefficient (Wildman–Crippen LogP) is 1.32. The Labute approximate surface area is 78.7 Å². The number of carbonyl (C=O) groups excluding carboxylic acids is 1. The highest BCUT2D eigenvalue weighted by Crippen LogP contribution is 2.27. The highest BCUT2D eigenvalue weighted by molar-refractivity contribution is 5.89. The van der Waals surface area contributed by atoms with Crippen molar-refractivity contribution in [3.63, 3.8) is 0 Å². The van der Waals surface area contributed by atoms with E-state index in [-0.39, 0.29) is 12.0 Å². The molecule has 72 valence electrons. The standard InChI is InChI=1S/C10H15NO2/c1-5-8-6-9(10(12)13-4)7(2)11(8)3/h5,8H,1,6H2,2-4H3. The normalized spacial score (nSPS) is 22.1. The maximum Gasteiger partial charge on any atom is 0.335 e. The van der Waals surface area contributed by atoms with Crippen LogP contribution in [0.1, 0.15) is 13.3 Å². The van der Waals surface area contributed by atoms with Crippen molar-refractivity contribution in [2.24, 2.45) is 0 Å². The van der Waals surface area contributed by atoms with Gasteiger partial charge in [-0.3, -0.25) is 0 Å². The number of likely N-dealkylation sites (N-methyl/N-ethyl adjacent to an activating group) is 1. The van der Waals surface area contributed by atoms with Crippen LogP contribution in [-0.4, -0.2) is 31.1 Å². The lowest BCUT2D eigenvalue weighted by atomic mass is 10.1. The molecular weight excluding hydrogens is 166 g/mol. The first-order chi connectivity index (χ1) is 6.11. The van der Waals surface area contributed by atoms with Crippen LogP contribution in [0.15, 0.2) is 23.9 Å². The maximum atomic E-state index is 11.3. The van der Waals surface area contributed by atoms with Crippen molar-refractivity contribution >= 4 is 5.97 Å². The summed E-state index contributed by atoms with van der Waals surface area (Å²) in [5.74, 6) is -0.228. The third kappa shape index (κ3) is 1.59. The van der Waals surface area contributed by atoms with Crippen LogP contribution in [-0.2, 0) is 9.53 Å². The summed E-state index contributed by atoms with van der Waals surface area (Å²) in [6.45, 7) is 5.65. The van der Waals surface area contributed by atoms with E-state index in [9.17, 15) is 4.79 Å². The molecule has 13 heavy (non-hydrogen) atoms. The molecule has 1 aliphatic heterocycles. The second kappa shape index (κ2) is 3.64. The monoisotopic (exact) mass is 181 g/mol. The molecule has 3 heteroatoms. The summed E-state index contributed by atoms with van der Waals surface area (Å²) in [6.07, 6.45) is 2.55. The minimum Gasteiger partial charge on any atom is -0.466 e. The molecule has 0 aromatic rings. The van der Waals surface area contributed by atoms with Crippen LogP contribution >= 0.6 is 0 Å². The zero-order chi connectivity index (χ0) is 10.0. The van der Waals surface area contributed by atoms with Crippen LogP contribution in [0, 0.1) is 0 Å². The Morgan fingerprint density at radius 1 is 1.77 bits per heavy atom. The molecule has 0 saturated heterocycles. The van der Waals surface area contributed by atoms with Gasteiger partial charge in [0.2, 0.25) is 0 Å². The SMILES string of the molecule is C=CC1CC(C(=O)OC)=C(C)N1C. The molecular formula is C10H15NO2. The van der Waals surface area contributed by atoms with Crippen LogP contribution in [0.3, 0.4) is 0 Å². The van der Waals surface area contributed by atoms with Gasteiger partial charge in [0, 0.05) is 19.2 Å². The van der Waals surface area contributed by atoms with Gasteiger partial charge in [-0.15, -0.1) is 6.58 Å². The van der Waals surface area contributed by atoms with Gasteiger partial charge < -0.3 is 9.64 Å². The lowest BCUT2D eigenvalue weighted by Gasteiger charge is -2.19. The van der Waals surface area contributed by atoms with E-state index < -0.39 is 0 Å². The molecule has 1 unspecified atom stereocenters. The van der Waals surface area contributed by atoms with E-state index >= 15 is 0 Å². The van der Waals surface area contributed by atoms with Crippen LogP contribution in [0.5, 0.6) is 0 Å². The summed E-state index contributed by atoms with van der Waals surface area (Å²) in [7, 11) is 3.36. The first-order valence-corrected chi connectivity index (χ1v) is 4.25. The number of allylic oxidation sites excluding steroid dienone is 1. The summed E-state index contributed by atoms with van der Waals surface area (Å²) in [6, 6.07) is 0.231. The smallest absolute Gasteiger partial charge is 0.335 e. The van der Waals surface area contributed by atoms with Gasteiger partial charge in [-0.25, -0.2) is 4.79 Å². The molecule has 0 spiro atoms. The molecule has 1 rings (SSSR count). The summed E-state index contributed by atoms with van der Waals surface area (Å²) < 4.78 is 4.69. The van der Waals surface area contributed by atoms with E-state index in [0.717, 1.165) is 11.3 Å². The third-order valence-corrected chi connectivity index (χ3v) is 2.58. The van der Waals surface area contributed by atoms with Crippen molar-refractivity contribution in [3.05, 3.63) is 23.9 Å². The van der Waals surface area contributed by atoms with Crippen molar-refractivity contribution in [2.45, 2.75) is 19.4 Å². The van der Waals surface area contributed by atoms with Crippen molar-refractivity contribution in [1.82, 2.24) is 4.90 Å². The number of esters is 1. The van der Waals surface area contributed by atoms with E-state index in [1.165, 1.54) is 7.11 Å². The van der Waals surface area contributed by atoms with Gasteiger partial charge in [-0.1, -0.05) is 6.08 Å². The van der Waals surface area contributed by atoms with Crippen molar-refractivity contribution in [3.8, 4) is 0 Å². The average Bonchev–Trinajstić information content (AvgIpc) is 2.43. The molecule has 0 radical (unpaired) electrons. The van der Waals surface area contributed by atoms with Gasteiger partial charge in [0.25, 0.3) is 0 Å². The molecule has 1 atom stereocenters. The summed E-state index contributed by atoms with van der Waals surface area (Å²) in [4.78, 5) is 13.3. The molecule has 0 bridgehead atoms. The molecule has 0 aromatic carbocycles. The van der Waals surface area contributed by atoms with Gasteiger partial charge in [0.05, 0.1) is 18.7 Å². The Hall–Kier alpha value is -1.25.